The number of carbonyl (C=O) groups is 1. The molecule has 1 aliphatic rings. The third-order valence-corrected chi connectivity index (χ3v) is 5.28. The van der Waals surface area contributed by atoms with Crippen LogP contribution in [0.15, 0.2) is 65.8 Å². The summed E-state index contributed by atoms with van der Waals surface area (Å²) in [5.74, 6) is -0.303. The third-order valence-electron chi connectivity index (χ3n) is 5.28. The van der Waals surface area contributed by atoms with E-state index < -0.39 is 5.91 Å². The molecule has 0 saturated carbocycles. The van der Waals surface area contributed by atoms with Crippen molar-refractivity contribution >= 4 is 22.9 Å². The van der Waals surface area contributed by atoms with Crippen LogP contribution in [0.2, 0.25) is 0 Å². The maximum Gasteiger partial charge on any atom is 0.289 e. The fourth-order valence-corrected chi connectivity index (χ4v) is 3.86. The normalized spacial score (nSPS) is 12.7. The molecule has 0 fully saturated rings. The van der Waals surface area contributed by atoms with E-state index in [-0.39, 0.29) is 5.75 Å². The highest BCUT2D eigenvalue weighted by atomic mass is 16.3. The first-order chi connectivity index (χ1) is 14.2. The van der Waals surface area contributed by atoms with Gasteiger partial charge in [-0.05, 0) is 52.9 Å². The molecule has 1 heterocycles. The molecule has 5 rings (SSSR count). The number of nitrogens with one attached hydrogen (secondary N) is 2. The van der Waals surface area contributed by atoms with Crippen molar-refractivity contribution in [2.45, 2.75) is 12.8 Å². The van der Waals surface area contributed by atoms with Crippen LogP contribution >= 0.6 is 0 Å². The quantitative estimate of drug-likeness (QED) is 0.370. The zero-order valence-electron chi connectivity index (χ0n) is 15.5. The van der Waals surface area contributed by atoms with E-state index in [2.05, 4.69) is 51.1 Å². The lowest BCUT2D eigenvalue weighted by Gasteiger charge is -2.06. The molecule has 0 unspecified atom stereocenters. The Morgan fingerprint density at radius 3 is 2.76 bits per heavy atom. The van der Waals surface area contributed by atoms with Crippen molar-refractivity contribution in [2.75, 3.05) is 0 Å². The van der Waals surface area contributed by atoms with E-state index in [1.54, 1.807) is 30.3 Å². The number of amides is 1. The third kappa shape index (κ3) is 3.04. The van der Waals surface area contributed by atoms with Crippen LogP contribution in [0.4, 0.5) is 0 Å². The summed E-state index contributed by atoms with van der Waals surface area (Å²) in [4.78, 5) is 12.4. The molecule has 1 aliphatic carbocycles. The molecule has 0 spiro atoms. The number of aryl methyl sites for hydroxylation is 2. The number of phenolic OH excluding ortho intramolecular Hbond substituents is 1. The van der Waals surface area contributed by atoms with Crippen LogP contribution in [0.3, 0.4) is 0 Å². The zero-order chi connectivity index (χ0) is 19.8. The highest BCUT2D eigenvalue weighted by Crippen LogP contribution is 2.36. The van der Waals surface area contributed by atoms with Crippen LogP contribution < -0.4 is 5.43 Å². The summed E-state index contributed by atoms with van der Waals surface area (Å²) < 4.78 is 0. The van der Waals surface area contributed by atoms with Crippen molar-refractivity contribution in [1.29, 1.82) is 0 Å². The monoisotopic (exact) mass is 382 g/mol. The molecule has 3 aromatic carbocycles. The Hall–Kier alpha value is -3.93. The number of H-pyrrole nitrogens is 1. The van der Waals surface area contributed by atoms with E-state index in [4.69, 9.17) is 0 Å². The van der Waals surface area contributed by atoms with Crippen LogP contribution in [-0.2, 0) is 12.8 Å². The Labute approximate surface area is 166 Å². The second kappa shape index (κ2) is 6.91. The number of hydrazone groups is 1. The number of hydrogen-bond donors (Lipinski definition) is 3. The molecule has 6 nitrogen and oxygen atoms in total. The second-order valence-electron chi connectivity index (χ2n) is 7.04. The summed E-state index contributed by atoms with van der Waals surface area (Å²) in [5, 5.41) is 23.2. The predicted molar refractivity (Wildman–Crippen MR) is 112 cm³/mol. The maximum atomic E-state index is 12.4. The number of aromatic hydroxyl groups is 1. The van der Waals surface area contributed by atoms with Gasteiger partial charge in [0.25, 0.3) is 5.91 Å². The number of hydrogen-bond acceptors (Lipinski definition) is 4. The largest absolute Gasteiger partial charge is 0.507 e. The van der Waals surface area contributed by atoms with E-state index in [1.807, 2.05) is 0 Å². The maximum absolute atomic E-state index is 12.4. The number of para-hydroxylation sites is 1. The average molecular weight is 382 g/mol. The van der Waals surface area contributed by atoms with Gasteiger partial charge in [-0.25, -0.2) is 5.43 Å². The minimum atomic E-state index is -0.402. The molecule has 3 N–H and O–H groups in total. The second-order valence-corrected chi connectivity index (χ2v) is 7.04. The minimum Gasteiger partial charge on any atom is -0.507 e. The molecule has 1 amide bonds. The van der Waals surface area contributed by atoms with Gasteiger partial charge in [0, 0.05) is 11.1 Å². The number of aromatic nitrogens is 2. The van der Waals surface area contributed by atoms with E-state index >= 15 is 0 Å². The minimum absolute atomic E-state index is 0.0985. The number of phenols is 1. The Bertz CT molecular complexity index is 1260. The summed E-state index contributed by atoms with van der Waals surface area (Å²) >= 11 is 0. The van der Waals surface area contributed by atoms with Gasteiger partial charge in [0.2, 0.25) is 0 Å². The average Bonchev–Trinajstić information content (AvgIpc) is 3.39. The van der Waals surface area contributed by atoms with Gasteiger partial charge < -0.3 is 5.11 Å². The van der Waals surface area contributed by atoms with E-state index in [0.717, 1.165) is 29.5 Å². The summed E-state index contributed by atoms with van der Waals surface area (Å²) in [6, 6.07) is 19.1. The number of rotatable bonds is 4. The van der Waals surface area contributed by atoms with Crippen molar-refractivity contribution in [3.63, 3.8) is 0 Å². The van der Waals surface area contributed by atoms with Gasteiger partial charge in [-0.2, -0.15) is 10.2 Å². The first-order valence-corrected chi connectivity index (χ1v) is 9.41. The topological polar surface area (TPSA) is 90.4 Å². The van der Waals surface area contributed by atoms with Gasteiger partial charge in [0.15, 0.2) is 0 Å². The highest BCUT2D eigenvalue weighted by Gasteiger charge is 2.18. The van der Waals surface area contributed by atoms with Crippen LogP contribution in [0, 0.1) is 0 Å². The molecule has 0 aliphatic heterocycles. The molecule has 0 saturated heterocycles. The van der Waals surface area contributed by atoms with Gasteiger partial charge in [-0.1, -0.05) is 42.5 Å². The fourth-order valence-electron chi connectivity index (χ4n) is 3.86. The van der Waals surface area contributed by atoms with Crippen LogP contribution in [0.25, 0.3) is 22.0 Å². The van der Waals surface area contributed by atoms with Gasteiger partial charge in [0.05, 0.1) is 11.9 Å². The van der Waals surface area contributed by atoms with Crippen molar-refractivity contribution in [3.8, 4) is 17.0 Å². The molecular formula is C23H18N4O2. The Morgan fingerprint density at radius 1 is 1.07 bits per heavy atom. The zero-order valence-corrected chi connectivity index (χ0v) is 15.5. The van der Waals surface area contributed by atoms with Crippen molar-refractivity contribution in [1.82, 2.24) is 15.6 Å². The molecule has 0 atom stereocenters. The van der Waals surface area contributed by atoms with E-state index in [0.29, 0.717) is 11.3 Å². The standard InChI is InChI=1S/C23H18N4O2/c28-21-7-2-1-4-16(21)13-24-27-23(29)20-12-19(25-26-20)17-11-10-15-9-8-14-5-3-6-18(17)22(14)15/h1-7,10-13,28H,8-9H2,(H,25,26)(H,27,29)/b24-13+. The number of carbonyl (C=O) groups excluding carboxylic acids is 1. The first-order valence-electron chi connectivity index (χ1n) is 9.41. The number of benzene rings is 3. The summed E-state index contributed by atoms with van der Waals surface area (Å²) in [7, 11) is 0. The van der Waals surface area contributed by atoms with Gasteiger partial charge >= 0.3 is 0 Å². The lowest BCUT2D eigenvalue weighted by molar-refractivity contribution is 0.0950. The summed E-state index contributed by atoms with van der Waals surface area (Å²) in [6.07, 6.45) is 3.53. The lowest BCUT2D eigenvalue weighted by Crippen LogP contribution is -2.18. The highest BCUT2D eigenvalue weighted by molar-refractivity contribution is 6.02. The smallest absolute Gasteiger partial charge is 0.289 e. The predicted octanol–water partition coefficient (Wildman–Crippen LogP) is 3.80. The molecule has 1 aromatic heterocycles. The van der Waals surface area contributed by atoms with Crippen molar-refractivity contribution in [2.24, 2.45) is 5.10 Å². The molecule has 6 heteroatoms. The Morgan fingerprint density at radius 2 is 1.90 bits per heavy atom. The van der Waals surface area contributed by atoms with Gasteiger partial charge in [-0.3, -0.25) is 9.89 Å². The first kappa shape index (κ1) is 17.2. The summed E-state index contributed by atoms with van der Waals surface area (Å²) in [5.41, 5.74) is 7.74. The lowest BCUT2D eigenvalue weighted by atomic mass is 9.98. The van der Waals surface area contributed by atoms with Crippen LogP contribution in [-0.4, -0.2) is 27.4 Å². The van der Waals surface area contributed by atoms with Gasteiger partial charge in [0.1, 0.15) is 11.4 Å². The van der Waals surface area contributed by atoms with Crippen LogP contribution in [0.1, 0.15) is 27.2 Å². The van der Waals surface area contributed by atoms with Crippen molar-refractivity contribution in [3.05, 3.63) is 83.0 Å². The van der Waals surface area contributed by atoms with E-state index in [9.17, 15) is 9.90 Å². The molecule has 0 radical (unpaired) electrons. The SMILES string of the molecule is O=C(N/N=C/c1ccccc1O)c1cc(-c2ccc3c4c(cccc24)CC3)n[nH]1. The fraction of sp³-hybridized carbons (Fsp3) is 0.0870. The molecule has 0 bridgehead atoms. The molecule has 4 aromatic rings. The van der Waals surface area contributed by atoms with E-state index in [1.165, 1.54) is 22.7 Å². The molecular weight excluding hydrogens is 364 g/mol. The van der Waals surface area contributed by atoms with Crippen LogP contribution in [0.5, 0.6) is 5.75 Å². The number of aromatic amines is 1. The van der Waals surface area contributed by atoms with Crippen molar-refractivity contribution < 1.29 is 9.90 Å². The number of nitrogens with zero attached hydrogens (tertiary/aromatic N) is 2. The summed E-state index contributed by atoms with van der Waals surface area (Å²) in [6.45, 7) is 0. The Kier molecular flexibility index (Phi) is 4.09. The molecule has 142 valence electrons. The Balaban J connectivity index is 1.40. The molecule has 29 heavy (non-hydrogen) atoms. The van der Waals surface area contributed by atoms with Gasteiger partial charge in [-0.15, -0.1) is 0 Å².